The van der Waals surface area contributed by atoms with E-state index < -0.39 is 12.0 Å². The van der Waals surface area contributed by atoms with Crippen molar-refractivity contribution >= 4 is 29.7 Å². The molecular weight excluding hydrogens is 294 g/mol. The summed E-state index contributed by atoms with van der Waals surface area (Å²) in [7, 11) is 1.29. The van der Waals surface area contributed by atoms with Crippen LogP contribution in [0, 0.1) is 0 Å². The maximum atomic E-state index is 12.0. The van der Waals surface area contributed by atoms with E-state index in [4.69, 9.17) is 16.3 Å². The van der Waals surface area contributed by atoms with Crippen LogP contribution in [0.1, 0.15) is 22.0 Å². The Balaban J connectivity index is 2.39. The summed E-state index contributed by atoms with van der Waals surface area (Å²) in [6.07, 6.45) is 1.74. The number of carbonyl (C=O) groups excluding carboxylic acids is 2. The Bertz CT molecular complexity index is 649. The Morgan fingerprint density at radius 1 is 1.33 bits per heavy atom. The summed E-state index contributed by atoms with van der Waals surface area (Å²) in [5.41, 5.74) is 0.764. The highest BCUT2D eigenvalue weighted by Gasteiger charge is 2.23. The molecule has 1 heterocycles. The topological polar surface area (TPSA) is 81.2 Å². The second kappa shape index (κ2) is 6.81. The van der Waals surface area contributed by atoms with E-state index in [0.29, 0.717) is 11.8 Å². The number of aromatic nitrogens is 2. The van der Waals surface area contributed by atoms with Crippen molar-refractivity contribution in [3.8, 4) is 0 Å². The minimum atomic E-state index is -0.805. The Morgan fingerprint density at radius 3 is 2.67 bits per heavy atom. The summed E-state index contributed by atoms with van der Waals surface area (Å²) < 4.78 is 4.78. The van der Waals surface area contributed by atoms with Crippen LogP contribution in [0.3, 0.4) is 0 Å². The molecule has 0 fully saturated rings. The van der Waals surface area contributed by atoms with Crippen LogP contribution in [-0.2, 0) is 9.53 Å². The van der Waals surface area contributed by atoms with Gasteiger partial charge < -0.3 is 10.1 Å². The molecule has 1 N–H and O–H groups in total. The number of hydrogen-bond acceptors (Lipinski definition) is 6. The van der Waals surface area contributed by atoms with Crippen LogP contribution in [0.5, 0.6) is 0 Å². The first kappa shape index (κ1) is 14.9. The van der Waals surface area contributed by atoms with Gasteiger partial charge in [0.25, 0.3) is 0 Å². The van der Waals surface area contributed by atoms with Gasteiger partial charge in [-0.15, -0.1) is 0 Å². The average molecular weight is 306 g/mol. The summed E-state index contributed by atoms with van der Waals surface area (Å²) >= 11 is 5.83. The van der Waals surface area contributed by atoms with Crippen LogP contribution in [0.2, 0.25) is 5.15 Å². The first-order valence-corrected chi connectivity index (χ1v) is 6.40. The molecule has 1 aromatic carbocycles. The molecule has 0 bridgehead atoms. The minimum absolute atomic E-state index is 0.0131. The maximum absolute atomic E-state index is 12.0. The normalized spacial score (nSPS) is 11.5. The minimum Gasteiger partial charge on any atom is -0.467 e. The van der Waals surface area contributed by atoms with Crippen LogP contribution < -0.4 is 5.32 Å². The zero-order chi connectivity index (χ0) is 15.2. The number of nitrogens with one attached hydrogen (secondary N) is 1. The van der Waals surface area contributed by atoms with Gasteiger partial charge in [0.2, 0.25) is 0 Å². The molecule has 6 nitrogen and oxygen atoms in total. The van der Waals surface area contributed by atoms with Gasteiger partial charge in [0, 0.05) is 0 Å². The summed E-state index contributed by atoms with van der Waals surface area (Å²) in [5.74, 6) is -0.336. The smallest absolute Gasteiger partial charge is 0.333 e. The number of benzene rings is 1. The van der Waals surface area contributed by atoms with E-state index in [9.17, 15) is 9.59 Å². The predicted octanol–water partition coefficient (Wildman–Crippen LogP) is 2.27. The number of carbonyl (C=O) groups is 2. The number of esters is 1. The largest absolute Gasteiger partial charge is 0.467 e. The third kappa shape index (κ3) is 3.35. The van der Waals surface area contributed by atoms with Gasteiger partial charge in [0.1, 0.15) is 17.3 Å². The van der Waals surface area contributed by atoms with E-state index >= 15 is 0 Å². The molecule has 0 amide bonds. The van der Waals surface area contributed by atoms with Crippen molar-refractivity contribution in [1.82, 2.24) is 9.97 Å². The molecule has 0 aliphatic carbocycles. The second-order valence-electron chi connectivity index (χ2n) is 4.06. The van der Waals surface area contributed by atoms with E-state index in [0.717, 1.165) is 0 Å². The monoisotopic (exact) mass is 305 g/mol. The molecule has 0 saturated carbocycles. The number of ether oxygens (including phenoxy) is 1. The summed E-state index contributed by atoms with van der Waals surface area (Å²) in [5, 5.41) is 2.88. The van der Waals surface area contributed by atoms with Crippen LogP contribution in [0.4, 0.5) is 5.82 Å². The molecule has 2 rings (SSSR count). The van der Waals surface area contributed by atoms with E-state index in [2.05, 4.69) is 15.3 Å². The predicted molar refractivity (Wildman–Crippen MR) is 77.3 cm³/mol. The van der Waals surface area contributed by atoms with E-state index in [1.54, 1.807) is 24.3 Å². The number of halogens is 1. The zero-order valence-corrected chi connectivity index (χ0v) is 11.9. The molecule has 7 heteroatoms. The zero-order valence-electron chi connectivity index (χ0n) is 11.1. The lowest BCUT2D eigenvalue weighted by molar-refractivity contribution is -0.141. The molecule has 0 aliphatic rings. The van der Waals surface area contributed by atoms with Gasteiger partial charge in [-0.1, -0.05) is 41.9 Å². The van der Waals surface area contributed by atoms with Crippen molar-refractivity contribution in [2.24, 2.45) is 0 Å². The Kier molecular flexibility index (Phi) is 4.84. The van der Waals surface area contributed by atoms with Crippen molar-refractivity contribution in [3.05, 3.63) is 52.9 Å². The van der Waals surface area contributed by atoms with Crippen molar-refractivity contribution in [1.29, 1.82) is 0 Å². The lowest BCUT2D eigenvalue weighted by atomic mass is 10.1. The number of hydrogen-bond donors (Lipinski definition) is 1. The van der Waals surface area contributed by atoms with Crippen molar-refractivity contribution in [2.45, 2.75) is 6.04 Å². The summed E-state index contributed by atoms with van der Waals surface area (Å²) in [4.78, 5) is 30.7. The lowest BCUT2D eigenvalue weighted by Crippen LogP contribution is -2.23. The van der Waals surface area contributed by atoms with Crippen LogP contribution >= 0.6 is 11.6 Å². The lowest BCUT2D eigenvalue weighted by Gasteiger charge is -2.18. The quantitative estimate of drug-likeness (QED) is 0.518. The number of methoxy groups -OCH3 is 1. The number of anilines is 1. The highest BCUT2D eigenvalue weighted by atomic mass is 35.5. The van der Waals surface area contributed by atoms with Gasteiger partial charge in [-0.2, -0.15) is 0 Å². The molecule has 0 spiro atoms. The van der Waals surface area contributed by atoms with Crippen LogP contribution in [0.25, 0.3) is 0 Å². The Hall–Kier alpha value is -2.47. The molecule has 108 valence electrons. The summed E-state index contributed by atoms with van der Waals surface area (Å²) in [6.45, 7) is 0. The molecular formula is C14H12ClN3O3. The van der Waals surface area contributed by atoms with E-state index in [1.807, 2.05) is 6.07 Å². The Labute approximate surface area is 126 Å². The highest BCUT2D eigenvalue weighted by molar-refractivity contribution is 6.32. The molecule has 0 saturated heterocycles. The van der Waals surface area contributed by atoms with Gasteiger partial charge in [-0.3, -0.25) is 4.79 Å². The number of aldehydes is 1. The fourth-order valence-electron chi connectivity index (χ4n) is 1.77. The first-order valence-electron chi connectivity index (χ1n) is 6.02. The third-order valence-electron chi connectivity index (χ3n) is 2.80. The molecule has 21 heavy (non-hydrogen) atoms. The number of nitrogens with zero attached hydrogens (tertiary/aromatic N) is 2. The fourth-order valence-corrected chi connectivity index (χ4v) is 1.95. The van der Waals surface area contributed by atoms with Gasteiger partial charge in [-0.05, 0) is 5.56 Å². The van der Waals surface area contributed by atoms with Gasteiger partial charge >= 0.3 is 5.97 Å². The second-order valence-corrected chi connectivity index (χ2v) is 4.41. The van der Waals surface area contributed by atoms with Crippen LogP contribution in [0.15, 0.2) is 36.7 Å². The molecule has 0 aliphatic heterocycles. The van der Waals surface area contributed by atoms with Crippen molar-refractivity contribution in [3.63, 3.8) is 0 Å². The summed E-state index contributed by atoms with van der Waals surface area (Å²) in [6, 6.07) is 8.13. The molecule has 2 aromatic rings. The third-order valence-corrected chi connectivity index (χ3v) is 3.11. The SMILES string of the molecule is COC(=O)C(Nc1ncnc(Cl)c1C=O)c1ccccc1. The highest BCUT2D eigenvalue weighted by Crippen LogP contribution is 2.24. The maximum Gasteiger partial charge on any atom is 0.333 e. The first-order chi connectivity index (χ1) is 10.2. The average Bonchev–Trinajstić information content (AvgIpc) is 2.53. The van der Waals surface area contributed by atoms with Gasteiger partial charge in [-0.25, -0.2) is 14.8 Å². The van der Waals surface area contributed by atoms with Crippen LogP contribution in [-0.4, -0.2) is 29.3 Å². The van der Waals surface area contributed by atoms with Crippen molar-refractivity contribution in [2.75, 3.05) is 12.4 Å². The van der Waals surface area contributed by atoms with Gasteiger partial charge in [0.15, 0.2) is 12.3 Å². The van der Waals surface area contributed by atoms with Gasteiger partial charge in [0.05, 0.1) is 12.7 Å². The van der Waals surface area contributed by atoms with E-state index in [1.165, 1.54) is 13.4 Å². The van der Waals surface area contributed by atoms with E-state index in [-0.39, 0.29) is 16.5 Å². The molecule has 1 atom stereocenters. The molecule has 1 aromatic heterocycles. The number of rotatable bonds is 5. The molecule has 1 unspecified atom stereocenters. The fraction of sp³-hybridized carbons (Fsp3) is 0.143. The standard InChI is InChI=1S/C14H12ClN3O3/c1-21-14(20)11(9-5-3-2-4-6-9)18-13-10(7-19)12(15)16-8-17-13/h2-8,11H,1H3,(H,16,17,18). The van der Waals surface area contributed by atoms with Crippen molar-refractivity contribution < 1.29 is 14.3 Å². The Morgan fingerprint density at radius 2 is 2.05 bits per heavy atom. The molecule has 0 radical (unpaired) electrons.